The van der Waals surface area contributed by atoms with E-state index in [1.165, 1.54) is 12.1 Å². The summed E-state index contributed by atoms with van der Waals surface area (Å²) in [7, 11) is 0. The van der Waals surface area contributed by atoms with Crippen molar-refractivity contribution in [2.75, 3.05) is 13.1 Å². The molecule has 1 N–H and O–H groups in total. The number of carbonyl (C=O) groups is 1. The number of nitrogens with zero attached hydrogens (tertiary/aromatic N) is 2. The molecule has 0 radical (unpaired) electrons. The van der Waals surface area contributed by atoms with Crippen molar-refractivity contribution >= 4 is 17.3 Å². The normalized spacial score (nSPS) is 15.1. The van der Waals surface area contributed by atoms with E-state index in [1.807, 2.05) is 4.90 Å². The number of fused-ring (bicyclic) bond motifs is 1. The SMILES string of the molecule is O=C(O)CN1CCc2nc(-c3ccc(F)cc3)sc2C1. The highest BCUT2D eigenvalue weighted by Crippen LogP contribution is 2.31. The number of benzene rings is 1. The molecule has 1 aliphatic heterocycles. The zero-order valence-electron chi connectivity index (χ0n) is 10.7. The van der Waals surface area contributed by atoms with Gasteiger partial charge in [0, 0.05) is 30.0 Å². The maximum atomic E-state index is 12.9. The van der Waals surface area contributed by atoms with Gasteiger partial charge < -0.3 is 5.11 Å². The van der Waals surface area contributed by atoms with E-state index < -0.39 is 5.97 Å². The number of hydrogen-bond acceptors (Lipinski definition) is 4. The Morgan fingerprint density at radius 1 is 1.40 bits per heavy atom. The highest BCUT2D eigenvalue weighted by atomic mass is 32.1. The second kappa shape index (κ2) is 5.30. The van der Waals surface area contributed by atoms with Crippen molar-refractivity contribution in [1.82, 2.24) is 9.88 Å². The molecule has 2 aromatic rings. The molecule has 0 aliphatic carbocycles. The molecule has 2 heterocycles. The molecule has 0 amide bonds. The largest absolute Gasteiger partial charge is 0.480 e. The average molecular weight is 292 g/mol. The Morgan fingerprint density at radius 3 is 2.85 bits per heavy atom. The van der Waals surface area contributed by atoms with Crippen LogP contribution in [-0.2, 0) is 17.8 Å². The second-order valence-electron chi connectivity index (χ2n) is 4.75. The molecule has 0 unspecified atom stereocenters. The number of halogens is 1. The second-order valence-corrected chi connectivity index (χ2v) is 5.83. The maximum absolute atomic E-state index is 12.9. The molecule has 1 aromatic carbocycles. The van der Waals surface area contributed by atoms with Crippen LogP contribution in [-0.4, -0.2) is 34.0 Å². The van der Waals surface area contributed by atoms with Gasteiger partial charge in [0.15, 0.2) is 0 Å². The van der Waals surface area contributed by atoms with Gasteiger partial charge in [-0.25, -0.2) is 9.37 Å². The third-order valence-corrected chi connectivity index (χ3v) is 4.39. The fourth-order valence-corrected chi connectivity index (χ4v) is 3.45. The predicted molar refractivity (Wildman–Crippen MR) is 74.1 cm³/mol. The Morgan fingerprint density at radius 2 is 2.15 bits per heavy atom. The highest BCUT2D eigenvalue weighted by Gasteiger charge is 2.22. The van der Waals surface area contributed by atoms with Crippen LogP contribution in [0.15, 0.2) is 24.3 Å². The van der Waals surface area contributed by atoms with Crippen LogP contribution in [0.4, 0.5) is 4.39 Å². The van der Waals surface area contributed by atoms with E-state index in [0.717, 1.165) is 27.6 Å². The number of rotatable bonds is 3. The van der Waals surface area contributed by atoms with Crippen molar-refractivity contribution in [2.24, 2.45) is 0 Å². The maximum Gasteiger partial charge on any atom is 0.317 e. The summed E-state index contributed by atoms with van der Waals surface area (Å²) >= 11 is 1.56. The van der Waals surface area contributed by atoms with E-state index in [0.29, 0.717) is 13.1 Å². The summed E-state index contributed by atoms with van der Waals surface area (Å²) in [5.41, 5.74) is 1.94. The summed E-state index contributed by atoms with van der Waals surface area (Å²) in [4.78, 5) is 18.3. The molecule has 3 rings (SSSR count). The topological polar surface area (TPSA) is 53.4 Å². The predicted octanol–water partition coefficient (Wildman–Crippen LogP) is 2.39. The first-order valence-corrected chi connectivity index (χ1v) is 7.12. The third-order valence-electron chi connectivity index (χ3n) is 3.26. The van der Waals surface area contributed by atoms with E-state index in [9.17, 15) is 9.18 Å². The lowest BCUT2D eigenvalue weighted by Gasteiger charge is -2.23. The van der Waals surface area contributed by atoms with Crippen LogP contribution >= 0.6 is 11.3 Å². The number of hydrogen-bond donors (Lipinski definition) is 1. The average Bonchev–Trinajstić information content (AvgIpc) is 2.81. The van der Waals surface area contributed by atoms with Gasteiger partial charge in [-0.1, -0.05) is 0 Å². The van der Waals surface area contributed by atoms with E-state index in [4.69, 9.17) is 5.11 Å². The van der Waals surface area contributed by atoms with Crippen LogP contribution in [0.2, 0.25) is 0 Å². The summed E-state index contributed by atoms with van der Waals surface area (Å²) in [5.74, 6) is -1.07. The molecule has 1 aliphatic rings. The smallest absolute Gasteiger partial charge is 0.317 e. The van der Waals surface area contributed by atoms with Crippen LogP contribution in [0, 0.1) is 5.82 Å². The van der Waals surface area contributed by atoms with Crippen LogP contribution in [0.3, 0.4) is 0 Å². The Bertz CT molecular complexity index is 639. The quantitative estimate of drug-likeness (QED) is 0.944. The van der Waals surface area contributed by atoms with Gasteiger partial charge in [-0.05, 0) is 24.3 Å². The molecule has 0 bridgehead atoms. The third kappa shape index (κ3) is 2.71. The van der Waals surface area contributed by atoms with Gasteiger partial charge in [-0.3, -0.25) is 9.69 Å². The lowest BCUT2D eigenvalue weighted by molar-refractivity contribution is -0.138. The molecular weight excluding hydrogens is 279 g/mol. The minimum absolute atomic E-state index is 0.0588. The summed E-state index contributed by atoms with van der Waals surface area (Å²) in [6, 6.07) is 6.28. The molecule has 4 nitrogen and oxygen atoms in total. The number of aromatic nitrogens is 1. The van der Waals surface area contributed by atoms with Gasteiger partial charge in [0.1, 0.15) is 10.8 Å². The van der Waals surface area contributed by atoms with Crippen LogP contribution in [0.1, 0.15) is 10.6 Å². The first-order valence-electron chi connectivity index (χ1n) is 6.30. The summed E-state index contributed by atoms with van der Waals surface area (Å²) < 4.78 is 12.9. The van der Waals surface area contributed by atoms with Gasteiger partial charge in [0.25, 0.3) is 0 Å². The minimum Gasteiger partial charge on any atom is -0.480 e. The van der Waals surface area contributed by atoms with Crippen molar-refractivity contribution in [1.29, 1.82) is 0 Å². The zero-order chi connectivity index (χ0) is 14.1. The Kier molecular flexibility index (Phi) is 3.50. The number of carboxylic acids is 1. The highest BCUT2D eigenvalue weighted by molar-refractivity contribution is 7.15. The van der Waals surface area contributed by atoms with Crippen molar-refractivity contribution < 1.29 is 14.3 Å². The van der Waals surface area contributed by atoms with Gasteiger partial charge in [-0.2, -0.15) is 0 Å². The monoisotopic (exact) mass is 292 g/mol. The number of carboxylic acid groups (broad SMARTS) is 1. The molecule has 1 aromatic heterocycles. The number of aliphatic carboxylic acids is 1. The van der Waals surface area contributed by atoms with Crippen molar-refractivity contribution in [3.8, 4) is 10.6 Å². The summed E-state index contributed by atoms with van der Waals surface area (Å²) in [5, 5.41) is 9.70. The molecule has 0 saturated carbocycles. The van der Waals surface area contributed by atoms with Gasteiger partial charge >= 0.3 is 5.97 Å². The van der Waals surface area contributed by atoms with Crippen molar-refractivity contribution in [2.45, 2.75) is 13.0 Å². The van der Waals surface area contributed by atoms with Crippen LogP contribution in [0.5, 0.6) is 0 Å². The summed E-state index contributed by atoms with van der Waals surface area (Å²) in [6.45, 7) is 1.40. The van der Waals surface area contributed by atoms with Crippen molar-refractivity contribution in [3.05, 3.63) is 40.7 Å². The Labute approximate surface area is 119 Å². The standard InChI is InChI=1S/C14H13FN2O2S/c15-10-3-1-9(2-4-10)14-16-11-5-6-17(8-13(18)19)7-12(11)20-14/h1-4H,5-8H2,(H,18,19). The lowest BCUT2D eigenvalue weighted by Crippen LogP contribution is -2.34. The molecule has 104 valence electrons. The number of thiazole rings is 1. The molecule has 6 heteroatoms. The fourth-order valence-electron chi connectivity index (χ4n) is 2.29. The first-order chi connectivity index (χ1) is 9.61. The van der Waals surface area contributed by atoms with Gasteiger partial charge in [0.05, 0.1) is 12.2 Å². The molecule has 20 heavy (non-hydrogen) atoms. The first kappa shape index (κ1) is 13.2. The molecule has 0 atom stereocenters. The fraction of sp³-hybridized carbons (Fsp3) is 0.286. The molecule has 0 fully saturated rings. The van der Waals surface area contributed by atoms with Crippen LogP contribution < -0.4 is 0 Å². The van der Waals surface area contributed by atoms with E-state index in [-0.39, 0.29) is 12.4 Å². The van der Waals surface area contributed by atoms with E-state index in [1.54, 1.807) is 23.5 Å². The van der Waals surface area contributed by atoms with E-state index in [2.05, 4.69) is 4.98 Å². The van der Waals surface area contributed by atoms with Crippen LogP contribution in [0.25, 0.3) is 10.6 Å². The molecule has 0 saturated heterocycles. The zero-order valence-corrected chi connectivity index (χ0v) is 11.5. The Balaban J connectivity index is 1.83. The van der Waals surface area contributed by atoms with Gasteiger partial charge in [0.2, 0.25) is 0 Å². The Hall–Kier alpha value is -1.79. The minimum atomic E-state index is -0.809. The van der Waals surface area contributed by atoms with Crippen molar-refractivity contribution in [3.63, 3.8) is 0 Å². The summed E-state index contributed by atoms with van der Waals surface area (Å²) in [6.07, 6.45) is 0.764. The van der Waals surface area contributed by atoms with E-state index >= 15 is 0 Å². The lowest BCUT2D eigenvalue weighted by atomic mass is 10.2. The molecular formula is C14H13FN2O2S. The molecule has 0 spiro atoms. The van der Waals surface area contributed by atoms with Gasteiger partial charge in [-0.15, -0.1) is 11.3 Å².